The number of aryl methyl sites for hydroxylation is 2. The Bertz CT molecular complexity index is 706. The number of esters is 1. The summed E-state index contributed by atoms with van der Waals surface area (Å²) < 4.78 is 6.81. The number of rotatable bonds is 3. The molecule has 0 radical (unpaired) electrons. The minimum Gasteiger partial charge on any atom is -0.464 e. The van der Waals surface area contributed by atoms with Crippen LogP contribution in [0, 0.1) is 6.92 Å². The lowest BCUT2D eigenvalue weighted by Crippen LogP contribution is -2.31. The van der Waals surface area contributed by atoms with Gasteiger partial charge in [-0.2, -0.15) is 5.10 Å². The summed E-state index contributed by atoms with van der Waals surface area (Å²) in [5.41, 5.74) is 5.04. The fourth-order valence-corrected chi connectivity index (χ4v) is 3.06. The lowest BCUT2D eigenvalue weighted by Gasteiger charge is -2.29. The van der Waals surface area contributed by atoms with Crippen LogP contribution in [0.3, 0.4) is 0 Å². The van der Waals surface area contributed by atoms with Crippen LogP contribution in [-0.2, 0) is 24.2 Å². The highest BCUT2D eigenvalue weighted by molar-refractivity contribution is 5.89. The molecule has 0 spiro atoms. The van der Waals surface area contributed by atoms with Gasteiger partial charge in [0, 0.05) is 43.0 Å². The topological polar surface area (TPSA) is 47.4 Å². The first-order valence-corrected chi connectivity index (χ1v) is 7.62. The van der Waals surface area contributed by atoms with Crippen molar-refractivity contribution >= 4 is 11.7 Å². The van der Waals surface area contributed by atoms with Gasteiger partial charge < -0.3 is 9.64 Å². The molecule has 5 nitrogen and oxygen atoms in total. The van der Waals surface area contributed by atoms with Crippen LogP contribution in [0.4, 0.5) is 5.69 Å². The van der Waals surface area contributed by atoms with Crippen molar-refractivity contribution < 1.29 is 9.53 Å². The lowest BCUT2D eigenvalue weighted by atomic mass is 10.0. The summed E-state index contributed by atoms with van der Waals surface area (Å²) in [6.45, 7) is 6.53. The number of hydrogen-bond donors (Lipinski definition) is 0. The van der Waals surface area contributed by atoms with E-state index in [1.807, 2.05) is 11.6 Å². The van der Waals surface area contributed by atoms with E-state index < -0.39 is 0 Å². The van der Waals surface area contributed by atoms with Crippen LogP contribution < -0.4 is 4.90 Å². The molecule has 1 aromatic heterocycles. The van der Waals surface area contributed by atoms with E-state index in [4.69, 9.17) is 4.74 Å². The molecule has 1 aromatic carbocycles. The van der Waals surface area contributed by atoms with Crippen molar-refractivity contribution in [3.63, 3.8) is 0 Å². The monoisotopic (exact) mass is 299 g/mol. The van der Waals surface area contributed by atoms with Gasteiger partial charge >= 0.3 is 5.97 Å². The Labute approximate surface area is 130 Å². The maximum Gasteiger partial charge on any atom is 0.358 e. The molecule has 1 aliphatic heterocycles. The fraction of sp³-hybridized carbons (Fsp3) is 0.412. The molecule has 0 unspecified atom stereocenters. The summed E-state index contributed by atoms with van der Waals surface area (Å²) in [6.07, 6.45) is 0.890. The number of aromatic nitrogens is 2. The summed E-state index contributed by atoms with van der Waals surface area (Å²) in [7, 11) is 1.40. The van der Waals surface area contributed by atoms with Crippen molar-refractivity contribution in [3.05, 3.63) is 46.8 Å². The quantitative estimate of drug-likeness (QED) is 0.817. The molecule has 0 saturated heterocycles. The molecule has 5 heteroatoms. The van der Waals surface area contributed by atoms with E-state index in [2.05, 4.69) is 41.2 Å². The number of methoxy groups -OCH3 is 1. The van der Waals surface area contributed by atoms with Gasteiger partial charge in [0.1, 0.15) is 0 Å². The van der Waals surface area contributed by atoms with Crippen molar-refractivity contribution in [2.24, 2.45) is 0 Å². The third kappa shape index (κ3) is 2.47. The molecule has 0 amide bonds. The molecular weight excluding hydrogens is 278 g/mol. The van der Waals surface area contributed by atoms with Gasteiger partial charge in [0.15, 0.2) is 5.69 Å². The highest BCUT2D eigenvalue weighted by atomic mass is 16.5. The molecule has 0 bridgehead atoms. The molecule has 1 aliphatic rings. The Kier molecular flexibility index (Phi) is 3.88. The number of fused-ring (bicyclic) bond motifs is 1. The average molecular weight is 299 g/mol. The zero-order chi connectivity index (χ0) is 15.7. The van der Waals surface area contributed by atoms with Gasteiger partial charge in [-0.3, -0.25) is 4.68 Å². The van der Waals surface area contributed by atoms with Crippen LogP contribution in [0.15, 0.2) is 24.3 Å². The molecule has 3 rings (SSSR count). The smallest absolute Gasteiger partial charge is 0.358 e. The van der Waals surface area contributed by atoms with Gasteiger partial charge in [-0.1, -0.05) is 12.1 Å². The third-order valence-electron chi connectivity index (χ3n) is 4.18. The van der Waals surface area contributed by atoms with Crippen LogP contribution in [0.2, 0.25) is 0 Å². The number of benzene rings is 1. The number of hydrogen-bond acceptors (Lipinski definition) is 4. The molecule has 2 aromatic rings. The van der Waals surface area contributed by atoms with Crippen LogP contribution >= 0.6 is 0 Å². The Morgan fingerprint density at radius 2 is 2.23 bits per heavy atom. The molecule has 116 valence electrons. The van der Waals surface area contributed by atoms with Crippen molar-refractivity contribution in [3.8, 4) is 0 Å². The molecule has 0 fully saturated rings. The lowest BCUT2D eigenvalue weighted by molar-refractivity contribution is 0.0591. The number of carbonyl (C=O) groups is 1. The van der Waals surface area contributed by atoms with Gasteiger partial charge in [-0.25, -0.2) is 4.79 Å². The maximum atomic E-state index is 12.0. The minimum atomic E-state index is -0.352. The van der Waals surface area contributed by atoms with E-state index in [1.165, 1.54) is 18.4 Å². The average Bonchev–Trinajstić information content (AvgIpc) is 2.92. The molecule has 22 heavy (non-hydrogen) atoms. The second-order valence-corrected chi connectivity index (χ2v) is 5.59. The highest BCUT2D eigenvalue weighted by Gasteiger charge is 2.28. The Morgan fingerprint density at radius 1 is 1.41 bits per heavy atom. The van der Waals surface area contributed by atoms with Gasteiger partial charge in [0.25, 0.3) is 0 Å². The Hall–Kier alpha value is -2.30. The largest absolute Gasteiger partial charge is 0.464 e. The first kappa shape index (κ1) is 14.6. The van der Waals surface area contributed by atoms with Crippen LogP contribution in [0.1, 0.15) is 34.2 Å². The van der Waals surface area contributed by atoms with Crippen molar-refractivity contribution in [2.75, 3.05) is 18.6 Å². The van der Waals surface area contributed by atoms with Crippen LogP contribution in [-0.4, -0.2) is 29.4 Å². The van der Waals surface area contributed by atoms with Crippen molar-refractivity contribution in [1.82, 2.24) is 9.78 Å². The predicted octanol–water partition coefficient (Wildman–Crippen LogP) is 2.56. The SMILES string of the molecule is CCn1nc(C(=O)OC)c2c1CCN(c1cccc(C)c1)C2. The second kappa shape index (κ2) is 5.83. The molecule has 2 heterocycles. The summed E-state index contributed by atoms with van der Waals surface area (Å²) >= 11 is 0. The molecular formula is C17H21N3O2. The normalized spacial score (nSPS) is 13.9. The van der Waals surface area contributed by atoms with Gasteiger partial charge in [-0.15, -0.1) is 0 Å². The summed E-state index contributed by atoms with van der Waals surface area (Å²) in [5.74, 6) is -0.352. The van der Waals surface area contributed by atoms with E-state index in [0.29, 0.717) is 12.2 Å². The molecule has 0 N–H and O–H groups in total. The number of carbonyl (C=O) groups excluding carboxylic acids is 1. The van der Waals surface area contributed by atoms with E-state index in [1.54, 1.807) is 0 Å². The van der Waals surface area contributed by atoms with Gasteiger partial charge in [0.05, 0.1) is 7.11 Å². The van der Waals surface area contributed by atoms with Crippen molar-refractivity contribution in [1.29, 1.82) is 0 Å². The van der Waals surface area contributed by atoms with Gasteiger partial charge in [0.2, 0.25) is 0 Å². The van der Waals surface area contributed by atoms with Crippen LogP contribution in [0.25, 0.3) is 0 Å². The number of nitrogens with zero attached hydrogens (tertiary/aromatic N) is 3. The number of ether oxygens (including phenoxy) is 1. The summed E-state index contributed by atoms with van der Waals surface area (Å²) in [6, 6.07) is 8.44. The Morgan fingerprint density at radius 3 is 2.91 bits per heavy atom. The maximum absolute atomic E-state index is 12.0. The van der Waals surface area contributed by atoms with E-state index in [0.717, 1.165) is 30.8 Å². The summed E-state index contributed by atoms with van der Waals surface area (Å²) in [4.78, 5) is 14.3. The standard InChI is InChI=1S/C17H21N3O2/c1-4-20-15-8-9-19(13-7-5-6-12(2)10-13)11-14(15)16(18-20)17(21)22-3/h5-7,10H,4,8-9,11H2,1-3H3. The zero-order valence-electron chi connectivity index (χ0n) is 13.3. The minimum absolute atomic E-state index is 0.352. The number of anilines is 1. The predicted molar refractivity (Wildman–Crippen MR) is 85.2 cm³/mol. The van der Waals surface area contributed by atoms with Crippen molar-refractivity contribution in [2.45, 2.75) is 33.4 Å². The van der Waals surface area contributed by atoms with E-state index in [-0.39, 0.29) is 5.97 Å². The van der Waals surface area contributed by atoms with Crippen LogP contribution in [0.5, 0.6) is 0 Å². The first-order valence-electron chi connectivity index (χ1n) is 7.62. The molecule has 0 aliphatic carbocycles. The Balaban J connectivity index is 1.97. The summed E-state index contributed by atoms with van der Waals surface area (Å²) in [5, 5.41) is 4.44. The fourth-order valence-electron chi connectivity index (χ4n) is 3.06. The third-order valence-corrected chi connectivity index (χ3v) is 4.18. The first-order chi connectivity index (χ1) is 10.6. The van der Waals surface area contributed by atoms with E-state index >= 15 is 0 Å². The van der Waals surface area contributed by atoms with Gasteiger partial charge in [-0.05, 0) is 31.5 Å². The molecule has 0 atom stereocenters. The highest BCUT2D eigenvalue weighted by Crippen LogP contribution is 2.27. The molecule has 0 saturated carbocycles. The van der Waals surface area contributed by atoms with E-state index in [9.17, 15) is 4.79 Å². The zero-order valence-corrected chi connectivity index (χ0v) is 13.3. The second-order valence-electron chi connectivity index (χ2n) is 5.59.